The fraction of sp³-hybridized carbons (Fsp3) is 0.303. The highest BCUT2D eigenvalue weighted by atomic mass is 16.7. The number of nitrogens with one attached hydrogen (secondary N) is 1. The van der Waals surface area contributed by atoms with Crippen molar-refractivity contribution in [3.05, 3.63) is 94.6 Å². The third-order valence-corrected chi connectivity index (χ3v) is 7.96. The van der Waals surface area contributed by atoms with Crippen molar-refractivity contribution in [2.45, 2.75) is 57.2 Å². The Kier molecular flexibility index (Phi) is 7.81. The molecule has 3 aliphatic rings. The highest BCUT2D eigenvalue weighted by Gasteiger charge is 2.49. The molecule has 6 rings (SSSR count). The van der Waals surface area contributed by atoms with Gasteiger partial charge in [-0.25, -0.2) is 0 Å². The molecule has 2 aliphatic carbocycles. The van der Waals surface area contributed by atoms with Gasteiger partial charge in [-0.05, 0) is 67.7 Å². The van der Waals surface area contributed by atoms with Gasteiger partial charge in [0.05, 0.1) is 12.3 Å². The van der Waals surface area contributed by atoms with Gasteiger partial charge in [-0.1, -0.05) is 60.7 Å². The first-order valence-corrected chi connectivity index (χ1v) is 14.4. The molecule has 3 aromatic carbocycles. The van der Waals surface area contributed by atoms with Crippen LogP contribution in [0, 0.1) is 0 Å². The second-order valence-electron chi connectivity index (χ2n) is 10.6. The molecule has 0 atom stereocenters. The number of carbonyl (C=O) groups is 1. The standard InChI is InChI=1S/C33H34N4O5/c34-35-21-36-37-27-18-17-22-20-28(40-19-8-7-16-29(38)39)31-32(30(22)26-15-9-14-25(26)27)42-33(41-31,23-10-3-1-4-11-23)24-12-5-2-6-13-24/h1-6,10-13,20-21H,7-9,14-19,34H2,(H,35,36)(H,38,39). The minimum absolute atomic E-state index is 0.109. The van der Waals surface area contributed by atoms with Crippen molar-refractivity contribution in [2.75, 3.05) is 6.61 Å². The number of aliphatic carboxylic acids is 1. The van der Waals surface area contributed by atoms with Gasteiger partial charge in [0.1, 0.15) is 6.34 Å². The van der Waals surface area contributed by atoms with E-state index in [9.17, 15) is 4.79 Å². The summed E-state index contributed by atoms with van der Waals surface area (Å²) in [5.41, 5.74) is 10.2. The summed E-state index contributed by atoms with van der Waals surface area (Å²) >= 11 is 0. The number of allylic oxidation sites excluding steroid dienone is 2. The molecule has 42 heavy (non-hydrogen) atoms. The lowest BCUT2D eigenvalue weighted by molar-refractivity contribution is -0.137. The van der Waals surface area contributed by atoms with Crippen LogP contribution in [0.15, 0.2) is 82.5 Å². The largest absolute Gasteiger partial charge is 0.490 e. The summed E-state index contributed by atoms with van der Waals surface area (Å²) in [4.78, 5) is 11.0. The maximum absolute atomic E-state index is 11.0. The molecule has 0 bridgehead atoms. The lowest BCUT2D eigenvalue weighted by atomic mass is 9.95. The molecular formula is C33H34N4O5. The van der Waals surface area contributed by atoms with Crippen LogP contribution >= 0.6 is 0 Å². The van der Waals surface area contributed by atoms with Crippen molar-refractivity contribution in [3.8, 4) is 17.2 Å². The topological polar surface area (TPSA) is 128 Å². The molecular weight excluding hydrogens is 532 g/mol. The summed E-state index contributed by atoms with van der Waals surface area (Å²) in [5, 5.41) is 17.2. The molecule has 0 radical (unpaired) electrons. The van der Waals surface area contributed by atoms with Crippen LogP contribution in [0.5, 0.6) is 17.2 Å². The number of ether oxygens (including phenoxy) is 3. The van der Waals surface area contributed by atoms with E-state index in [4.69, 9.17) is 25.2 Å². The second-order valence-corrected chi connectivity index (χ2v) is 10.6. The van der Waals surface area contributed by atoms with Crippen LogP contribution in [0.2, 0.25) is 0 Å². The first-order chi connectivity index (χ1) is 20.6. The Hall–Kier alpha value is -4.79. The Bertz CT molecular complexity index is 1510. The molecule has 0 unspecified atom stereocenters. The first kappa shape index (κ1) is 27.4. The lowest BCUT2D eigenvalue weighted by Crippen LogP contribution is -2.36. The van der Waals surface area contributed by atoms with Gasteiger partial charge in [0.15, 0.2) is 11.5 Å². The van der Waals surface area contributed by atoms with Crippen molar-refractivity contribution in [1.29, 1.82) is 0 Å². The maximum Gasteiger partial charge on any atom is 0.305 e. The highest BCUT2D eigenvalue weighted by molar-refractivity contribution is 6.09. The molecule has 0 fully saturated rings. The molecule has 1 aliphatic heterocycles. The number of nitrogens with zero attached hydrogens (tertiary/aromatic N) is 2. The van der Waals surface area contributed by atoms with Gasteiger partial charge in [0.2, 0.25) is 5.75 Å². The van der Waals surface area contributed by atoms with Gasteiger partial charge in [-0.15, -0.1) is 0 Å². The van der Waals surface area contributed by atoms with Crippen molar-refractivity contribution < 1.29 is 24.1 Å². The van der Waals surface area contributed by atoms with Gasteiger partial charge in [0, 0.05) is 23.1 Å². The van der Waals surface area contributed by atoms with Crippen LogP contribution in [0.4, 0.5) is 0 Å². The Balaban J connectivity index is 1.48. The number of hydrogen-bond acceptors (Lipinski definition) is 7. The van der Waals surface area contributed by atoms with Gasteiger partial charge in [-0.2, -0.15) is 10.2 Å². The lowest BCUT2D eigenvalue weighted by Gasteiger charge is -2.29. The van der Waals surface area contributed by atoms with Gasteiger partial charge in [-0.3, -0.25) is 10.2 Å². The average Bonchev–Trinajstić information content (AvgIpc) is 3.63. The zero-order valence-electron chi connectivity index (χ0n) is 23.3. The number of nitrogens with two attached hydrogens (primary N) is 1. The van der Waals surface area contributed by atoms with Crippen molar-refractivity contribution in [1.82, 2.24) is 5.43 Å². The number of hydrogen-bond donors (Lipinski definition) is 3. The Morgan fingerprint density at radius 3 is 2.33 bits per heavy atom. The molecule has 9 heteroatoms. The van der Waals surface area contributed by atoms with E-state index >= 15 is 0 Å². The summed E-state index contributed by atoms with van der Waals surface area (Å²) in [7, 11) is 0. The van der Waals surface area contributed by atoms with E-state index in [-0.39, 0.29) is 6.42 Å². The number of benzene rings is 3. The van der Waals surface area contributed by atoms with E-state index in [1.807, 2.05) is 60.7 Å². The zero-order chi connectivity index (χ0) is 28.9. The number of aryl methyl sites for hydroxylation is 1. The third kappa shape index (κ3) is 5.18. The maximum atomic E-state index is 11.0. The fourth-order valence-electron chi connectivity index (χ4n) is 6.09. The van der Waals surface area contributed by atoms with Crippen LogP contribution in [-0.4, -0.2) is 29.7 Å². The van der Waals surface area contributed by atoms with Gasteiger partial charge in [0.25, 0.3) is 0 Å². The van der Waals surface area contributed by atoms with E-state index in [1.165, 1.54) is 17.5 Å². The van der Waals surface area contributed by atoms with Crippen molar-refractivity contribution in [3.63, 3.8) is 0 Å². The summed E-state index contributed by atoms with van der Waals surface area (Å²) in [6.45, 7) is 0.370. The van der Waals surface area contributed by atoms with E-state index in [2.05, 4.69) is 21.7 Å². The number of carboxylic acids is 1. The Labute approximate surface area is 244 Å². The number of carboxylic acid groups (broad SMARTS) is 1. The quantitative estimate of drug-likeness (QED) is 0.0941. The number of unbranched alkanes of at least 4 members (excludes halogenated alkanes) is 1. The third-order valence-electron chi connectivity index (χ3n) is 7.96. The molecule has 3 aromatic rings. The monoisotopic (exact) mass is 566 g/mol. The summed E-state index contributed by atoms with van der Waals surface area (Å²) in [6, 6.07) is 22.0. The summed E-state index contributed by atoms with van der Waals surface area (Å²) in [5.74, 6) is 5.10. The van der Waals surface area contributed by atoms with Gasteiger partial charge >= 0.3 is 11.8 Å². The zero-order valence-corrected chi connectivity index (χ0v) is 23.3. The molecule has 1 heterocycles. The summed E-state index contributed by atoms with van der Waals surface area (Å²) in [6.07, 6.45) is 6.95. The Morgan fingerprint density at radius 2 is 1.64 bits per heavy atom. The van der Waals surface area contributed by atoms with E-state index in [0.717, 1.165) is 60.1 Å². The van der Waals surface area contributed by atoms with E-state index in [1.54, 1.807) is 0 Å². The summed E-state index contributed by atoms with van der Waals surface area (Å²) < 4.78 is 20.3. The van der Waals surface area contributed by atoms with Crippen molar-refractivity contribution in [2.24, 2.45) is 16.0 Å². The molecule has 0 saturated carbocycles. The second kappa shape index (κ2) is 12.0. The van der Waals surface area contributed by atoms with Crippen LogP contribution in [-0.2, 0) is 17.0 Å². The number of hydrazone groups is 2. The molecule has 0 amide bonds. The molecule has 216 valence electrons. The van der Waals surface area contributed by atoms with Crippen LogP contribution in [0.25, 0.3) is 5.57 Å². The minimum Gasteiger partial charge on any atom is -0.490 e. The average molecular weight is 567 g/mol. The van der Waals surface area contributed by atoms with E-state index in [0.29, 0.717) is 36.7 Å². The SMILES string of the molecule is NN=CNN=C1CCc2cc(OCCCCC(=O)O)c3c(c2C2=C1CCC2)OC(c1ccccc1)(c1ccccc1)O3. The molecule has 4 N–H and O–H groups in total. The van der Waals surface area contributed by atoms with Crippen molar-refractivity contribution >= 4 is 23.6 Å². The first-order valence-electron chi connectivity index (χ1n) is 14.4. The molecule has 0 aromatic heterocycles. The van der Waals surface area contributed by atoms with Crippen LogP contribution < -0.4 is 25.5 Å². The normalized spacial score (nSPS) is 17.7. The predicted octanol–water partition coefficient (Wildman–Crippen LogP) is 5.72. The molecule has 9 nitrogen and oxygen atoms in total. The van der Waals surface area contributed by atoms with E-state index < -0.39 is 11.8 Å². The van der Waals surface area contributed by atoms with Crippen LogP contribution in [0.3, 0.4) is 0 Å². The van der Waals surface area contributed by atoms with Crippen LogP contribution in [0.1, 0.15) is 67.2 Å². The number of rotatable bonds is 10. The Morgan fingerprint density at radius 1 is 0.952 bits per heavy atom. The predicted molar refractivity (Wildman–Crippen MR) is 161 cm³/mol. The van der Waals surface area contributed by atoms with Gasteiger partial charge < -0.3 is 25.2 Å². The highest BCUT2D eigenvalue weighted by Crippen LogP contribution is 2.58. The smallest absolute Gasteiger partial charge is 0.305 e. The number of fused-ring (bicyclic) bond motifs is 4. The fourth-order valence-corrected chi connectivity index (χ4v) is 6.09. The molecule has 0 spiro atoms. The molecule has 0 saturated heterocycles. The minimum atomic E-state index is -1.21.